The van der Waals surface area contributed by atoms with Gasteiger partial charge in [0.05, 0.1) is 20.4 Å². The third kappa shape index (κ3) is 6.05. The van der Waals surface area contributed by atoms with Crippen molar-refractivity contribution >= 4 is 13.8 Å². The Morgan fingerprint density at radius 1 is 1.18 bits per heavy atom. The van der Waals surface area contributed by atoms with Crippen LogP contribution in [0.4, 0.5) is 0 Å². The maximum absolute atomic E-state index is 10.1. The van der Waals surface area contributed by atoms with Gasteiger partial charge in [-0.1, -0.05) is 0 Å². The summed E-state index contributed by atoms with van der Waals surface area (Å²) in [4.78, 5) is 30.1. The standard InChI is InChI=1S/C6H13O10P/c7-2(1-16-17(13,14)15)3(8)4(9)5(10)6(11)12/h2-5,7-10H,1H2,(H,11,12)(H2,13,14,15)/p-3/t2-,3-,4+,5-/m1/s1. The SMILES string of the molecule is O=C([O-])[C@H](O)[C@@H](O)[C@H](O)[C@H](O)COP(=O)([O-])[O-]. The van der Waals surface area contributed by atoms with Gasteiger partial charge in [0.15, 0.2) is 0 Å². The third-order valence-corrected chi connectivity index (χ3v) is 2.18. The molecule has 0 saturated carbocycles. The lowest BCUT2D eigenvalue weighted by Gasteiger charge is -2.32. The minimum absolute atomic E-state index is 1.19. The molecule has 0 fully saturated rings. The Balaban J connectivity index is 4.34. The van der Waals surface area contributed by atoms with Gasteiger partial charge in [0.2, 0.25) is 0 Å². The molecule has 0 aliphatic rings. The number of carboxylic acids is 1. The average molecular weight is 273 g/mol. The summed E-state index contributed by atoms with van der Waals surface area (Å²) in [6, 6.07) is 0. The molecule has 0 saturated heterocycles. The largest absolute Gasteiger partial charge is 0.790 e. The molecule has 0 spiro atoms. The number of aliphatic hydroxyl groups excluding tert-OH is 4. The highest BCUT2D eigenvalue weighted by Gasteiger charge is 2.31. The topological polar surface area (TPSA) is 193 Å². The fourth-order valence-electron chi connectivity index (χ4n) is 0.820. The molecule has 0 aromatic heterocycles. The number of phosphoric acid groups is 1. The van der Waals surface area contributed by atoms with E-state index in [4.69, 9.17) is 20.4 Å². The van der Waals surface area contributed by atoms with Crippen LogP contribution >= 0.6 is 7.82 Å². The van der Waals surface area contributed by atoms with Crippen molar-refractivity contribution in [2.24, 2.45) is 0 Å². The predicted octanol–water partition coefficient (Wildman–Crippen LogP) is -5.97. The van der Waals surface area contributed by atoms with Crippen LogP contribution in [0.5, 0.6) is 0 Å². The summed E-state index contributed by atoms with van der Waals surface area (Å²) in [5.74, 6) is -2.11. The molecule has 4 atom stereocenters. The van der Waals surface area contributed by atoms with Gasteiger partial charge >= 0.3 is 0 Å². The number of carbonyl (C=O) groups excluding carboxylic acids is 1. The quantitative estimate of drug-likeness (QED) is 0.324. The number of aliphatic hydroxyl groups is 4. The van der Waals surface area contributed by atoms with E-state index < -0.39 is 44.8 Å². The molecule has 0 radical (unpaired) electrons. The number of hydrogen-bond donors (Lipinski definition) is 4. The lowest BCUT2D eigenvalue weighted by molar-refractivity contribution is -0.343. The lowest BCUT2D eigenvalue weighted by atomic mass is 10.0. The van der Waals surface area contributed by atoms with Gasteiger partial charge in [0, 0.05) is 0 Å². The number of rotatable bonds is 7. The van der Waals surface area contributed by atoms with Crippen LogP contribution in [-0.2, 0) is 13.9 Å². The monoisotopic (exact) mass is 273 g/mol. The molecular formula is C6H10O10P-3. The van der Waals surface area contributed by atoms with E-state index in [-0.39, 0.29) is 0 Å². The Kier molecular flexibility index (Phi) is 6.16. The van der Waals surface area contributed by atoms with E-state index >= 15 is 0 Å². The summed E-state index contributed by atoms with van der Waals surface area (Å²) < 4.78 is 13.6. The van der Waals surface area contributed by atoms with Crippen molar-refractivity contribution < 1.29 is 49.2 Å². The highest BCUT2D eigenvalue weighted by atomic mass is 31.2. The Bertz CT molecular complexity index is 299. The molecule has 102 valence electrons. The molecular weight excluding hydrogens is 263 g/mol. The van der Waals surface area contributed by atoms with Crippen LogP contribution in [0.15, 0.2) is 0 Å². The minimum Gasteiger partial charge on any atom is -0.790 e. The second-order valence-electron chi connectivity index (χ2n) is 3.06. The molecule has 0 heterocycles. The van der Waals surface area contributed by atoms with Crippen molar-refractivity contribution in [2.45, 2.75) is 24.4 Å². The first-order chi connectivity index (χ1) is 7.56. The van der Waals surface area contributed by atoms with Crippen LogP contribution in [0.3, 0.4) is 0 Å². The number of carbonyl (C=O) groups is 1. The molecule has 17 heavy (non-hydrogen) atoms. The fraction of sp³-hybridized carbons (Fsp3) is 0.833. The van der Waals surface area contributed by atoms with Crippen molar-refractivity contribution in [1.82, 2.24) is 0 Å². The maximum atomic E-state index is 10.1. The van der Waals surface area contributed by atoms with Gasteiger partial charge in [-0.3, -0.25) is 0 Å². The molecule has 0 aromatic rings. The van der Waals surface area contributed by atoms with Crippen LogP contribution in [0, 0.1) is 0 Å². The number of carboxylic acid groups (broad SMARTS) is 1. The first-order valence-corrected chi connectivity index (χ1v) is 5.62. The molecule has 0 bridgehead atoms. The summed E-state index contributed by atoms with van der Waals surface area (Å²) in [5, 5.41) is 45.9. The van der Waals surface area contributed by atoms with Crippen molar-refractivity contribution in [3.63, 3.8) is 0 Å². The lowest BCUT2D eigenvalue weighted by Crippen LogP contribution is -2.52. The van der Waals surface area contributed by atoms with E-state index in [1.165, 1.54) is 0 Å². The number of hydrogen-bond acceptors (Lipinski definition) is 10. The number of aliphatic carboxylic acids is 1. The van der Waals surface area contributed by atoms with E-state index in [1.807, 2.05) is 0 Å². The maximum Gasteiger partial charge on any atom is 0.122 e. The second kappa shape index (κ2) is 6.38. The van der Waals surface area contributed by atoms with Crippen molar-refractivity contribution in [3.8, 4) is 0 Å². The Labute approximate surface area is 94.9 Å². The predicted molar refractivity (Wildman–Crippen MR) is 42.6 cm³/mol. The van der Waals surface area contributed by atoms with Crippen molar-refractivity contribution in [3.05, 3.63) is 0 Å². The molecule has 0 amide bonds. The van der Waals surface area contributed by atoms with E-state index in [1.54, 1.807) is 0 Å². The second-order valence-corrected chi connectivity index (χ2v) is 4.21. The zero-order valence-corrected chi connectivity index (χ0v) is 9.10. The van der Waals surface area contributed by atoms with Crippen molar-refractivity contribution in [2.75, 3.05) is 6.61 Å². The highest BCUT2D eigenvalue weighted by Crippen LogP contribution is 2.25. The van der Waals surface area contributed by atoms with Crippen LogP contribution in [0.1, 0.15) is 0 Å². The smallest absolute Gasteiger partial charge is 0.122 e. The van der Waals surface area contributed by atoms with Gasteiger partial charge < -0.3 is 49.2 Å². The molecule has 0 aliphatic carbocycles. The van der Waals surface area contributed by atoms with Gasteiger partial charge in [0.25, 0.3) is 0 Å². The normalized spacial score (nSPS) is 19.4. The van der Waals surface area contributed by atoms with Gasteiger partial charge in [-0.25, -0.2) is 0 Å². The zero-order chi connectivity index (χ0) is 13.8. The molecule has 4 N–H and O–H groups in total. The fourth-order valence-corrected chi connectivity index (χ4v) is 1.16. The molecule has 0 unspecified atom stereocenters. The average Bonchev–Trinajstić information content (AvgIpc) is 2.21. The van der Waals surface area contributed by atoms with E-state index in [0.29, 0.717) is 0 Å². The Morgan fingerprint density at radius 3 is 2.00 bits per heavy atom. The first-order valence-electron chi connectivity index (χ1n) is 4.16. The highest BCUT2D eigenvalue weighted by molar-refractivity contribution is 7.43. The summed E-state index contributed by atoms with van der Waals surface area (Å²) in [7, 11) is -5.38. The van der Waals surface area contributed by atoms with Gasteiger partial charge in [-0.2, -0.15) is 0 Å². The van der Waals surface area contributed by atoms with Crippen molar-refractivity contribution in [1.29, 1.82) is 0 Å². The first kappa shape index (κ1) is 16.4. The third-order valence-electron chi connectivity index (χ3n) is 1.71. The molecule has 0 aromatic carbocycles. The van der Waals surface area contributed by atoms with Crippen LogP contribution in [0.2, 0.25) is 0 Å². The zero-order valence-electron chi connectivity index (χ0n) is 8.20. The summed E-state index contributed by atoms with van der Waals surface area (Å²) >= 11 is 0. The van der Waals surface area contributed by atoms with Gasteiger partial charge in [-0.05, 0) is 0 Å². The molecule has 10 nitrogen and oxygen atoms in total. The molecule has 0 rings (SSSR count). The summed E-state index contributed by atoms with van der Waals surface area (Å²) in [6.07, 6.45) is -9.16. The van der Waals surface area contributed by atoms with Crippen LogP contribution < -0.4 is 14.9 Å². The van der Waals surface area contributed by atoms with E-state index in [9.17, 15) is 24.3 Å². The molecule has 0 aliphatic heterocycles. The van der Waals surface area contributed by atoms with E-state index in [0.717, 1.165) is 0 Å². The summed E-state index contributed by atoms with van der Waals surface area (Å²) in [6.45, 7) is -1.19. The summed E-state index contributed by atoms with van der Waals surface area (Å²) in [5.41, 5.74) is 0. The van der Waals surface area contributed by atoms with E-state index in [2.05, 4.69) is 4.52 Å². The van der Waals surface area contributed by atoms with Gasteiger partial charge in [-0.15, -0.1) is 0 Å². The Hall–Kier alpha value is -0.580. The van der Waals surface area contributed by atoms with Crippen LogP contribution in [0.25, 0.3) is 0 Å². The van der Waals surface area contributed by atoms with Gasteiger partial charge in [0.1, 0.15) is 24.4 Å². The van der Waals surface area contributed by atoms with Crippen LogP contribution in [-0.4, -0.2) is 57.4 Å². The number of phosphoric ester groups is 1. The Morgan fingerprint density at radius 2 is 1.65 bits per heavy atom. The minimum atomic E-state index is -5.38. The molecule has 11 heteroatoms.